The van der Waals surface area contributed by atoms with Gasteiger partial charge >= 0.3 is 5.97 Å². The normalized spacial score (nSPS) is 14.9. The smallest absolute Gasteiger partial charge is 0.328 e. The number of phenols is 1. The number of amides is 3. The first-order chi connectivity index (χ1) is 19.0. The third kappa shape index (κ3) is 7.97. The average Bonchev–Trinajstić information content (AvgIpc) is 3.33. The molecule has 1 heterocycles. The van der Waals surface area contributed by atoms with E-state index < -0.39 is 54.0 Å². The minimum absolute atomic E-state index is 0.0126. The van der Waals surface area contributed by atoms with Gasteiger partial charge in [-0.2, -0.15) is 12.6 Å². The van der Waals surface area contributed by atoms with Gasteiger partial charge in [0, 0.05) is 29.3 Å². The van der Waals surface area contributed by atoms with Crippen LogP contribution < -0.4 is 21.7 Å². The lowest BCUT2D eigenvalue weighted by atomic mass is 10.0. The quantitative estimate of drug-likeness (QED) is 0.126. The minimum atomic E-state index is -1.60. The number of phenolic OH excluding ortho intramolecular Hbond substituents is 1. The zero-order valence-electron chi connectivity index (χ0n) is 21.7. The van der Waals surface area contributed by atoms with Crippen molar-refractivity contribution in [2.45, 2.75) is 50.0 Å². The van der Waals surface area contributed by atoms with Gasteiger partial charge in [0.2, 0.25) is 17.7 Å². The van der Waals surface area contributed by atoms with E-state index in [9.17, 15) is 34.5 Å². The largest absolute Gasteiger partial charge is 0.508 e. The maximum absolute atomic E-state index is 13.2. The van der Waals surface area contributed by atoms with Gasteiger partial charge in [0.1, 0.15) is 17.8 Å². The highest BCUT2D eigenvalue weighted by Gasteiger charge is 2.32. The molecule has 214 valence electrons. The highest BCUT2D eigenvalue weighted by Crippen LogP contribution is 2.19. The molecule has 0 spiro atoms. The van der Waals surface area contributed by atoms with E-state index in [1.807, 2.05) is 24.3 Å². The zero-order valence-corrected chi connectivity index (χ0v) is 22.6. The molecule has 0 fully saturated rings. The Hall–Kier alpha value is -4.07. The van der Waals surface area contributed by atoms with Crippen LogP contribution in [0.15, 0.2) is 54.7 Å². The van der Waals surface area contributed by atoms with Gasteiger partial charge in [-0.25, -0.2) is 4.79 Å². The number of hydrogen-bond acceptors (Lipinski definition) is 8. The number of carboxylic acids is 1. The molecule has 1 aromatic heterocycles. The fraction of sp³-hybridized carbons (Fsp3) is 0.333. The standard InChI is InChI=1S/C27H33N5O7S/c1-14(33)23(27(38)39)32-25(36)21(11-16-12-29-20-5-3-2-4-18(16)20)30-26(37)22(13-40)31-24(35)19(28)10-15-6-8-17(34)9-7-15/h2-9,12,14,19,21-23,29,33-34,40H,10-11,13,28H2,1H3,(H,30,37)(H,31,35)(H,32,36)(H,38,39). The summed E-state index contributed by atoms with van der Waals surface area (Å²) >= 11 is 4.17. The molecule has 3 amide bonds. The van der Waals surface area contributed by atoms with Crippen LogP contribution in [0, 0.1) is 0 Å². The predicted molar refractivity (Wildman–Crippen MR) is 151 cm³/mol. The highest BCUT2D eigenvalue weighted by molar-refractivity contribution is 7.80. The number of aliphatic hydroxyl groups is 1. The summed E-state index contributed by atoms with van der Waals surface area (Å²) in [6.07, 6.45) is 0.418. The number of fused-ring (bicyclic) bond motifs is 1. The monoisotopic (exact) mass is 571 g/mol. The first-order valence-corrected chi connectivity index (χ1v) is 13.1. The summed E-state index contributed by atoms with van der Waals surface area (Å²) in [5, 5.41) is 36.8. The van der Waals surface area contributed by atoms with E-state index in [4.69, 9.17) is 5.73 Å². The van der Waals surface area contributed by atoms with Gasteiger partial charge in [-0.05, 0) is 42.7 Å². The summed E-state index contributed by atoms with van der Waals surface area (Å²) in [5.74, 6) is -3.67. The van der Waals surface area contributed by atoms with Crippen molar-refractivity contribution in [3.05, 3.63) is 65.9 Å². The van der Waals surface area contributed by atoms with Crippen molar-refractivity contribution in [2.75, 3.05) is 5.75 Å². The first-order valence-electron chi connectivity index (χ1n) is 12.5. The van der Waals surface area contributed by atoms with Gasteiger partial charge in [0.15, 0.2) is 6.04 Å². The molecule has 2 aromatic carbocycles. The summed E-state index contributed by atoms with van der Waals surface area (Å²) in [7, 11) is 0. The number of aromatic nitrogens is 1. The molecule has 40 heavy (non-hydrogen) atoms. The summed E-state index contributed by atoms with van der Waals surface area (Å²) < 4.78 is 0. The van der Waals surface area contributed by atoms with Crippen LogP contribution in [-0.2, 0) is 32.0 Å². The molecule has 0 saturated carbocycles. The number of aromatic hydroxyl groups is 1. The molecule has 12 nitrogen and oxygen atoms in total. The highest BCUT2D eigenvalue weighted by atomic mass is 32.1. The first kappa shape index (κ1) is 30.5. The van der Waals surface area contributed by atoms with E-state index in [0.29, 0.717) is 11.1 Å². The van der Waals surface area contributed by atoms with Gasteiger partial charge in [-0.3, -0.25) is 14.4 Å². The number of aromatic amines is 1. The molecular formula is C27H33N5O7S. The Bertz CT molecular complexity index is 1340. The van der Waals surface area contributed by atoms with Crippen LogP contribution in [0.1, 0.15) is 18.1 Å². The van der Waals surface area contributed by atoms with E-state index in [1.165, 1.54) is 19.1 Å². The molecule has 5 atom stereocenters. The molecule has 0 bridgehead atoms. The van der Waals surface area contributed by atoms with Crippen LogP contribution in [-0.4, -0.2) is 80.0 Å². The van der Waals surface area contributed by atoms with Crippen LogP contribution in [0.4, 0.5) is 0 Å². The van der Waals surface area contributed by atoms with Crippen molar-refractivity contribution in [1.82, 2.24) is 20.9 Å². The lowest BCUT2D eigenvalue weighted by Gasteiger charge is -2.25. The molecule has 0 aliphatic heterocycles. The Morgan fingerprint density at radius 3 is 2.17 bits per heavy atom. The van der Waals surface area contributed by atoms with Crippen molar-refractivity contribution in [3.8, 4) is 5.75 Å². The third-order valence-electron chi connectivity index (χ3n) is 6.32. The van der Waals surface area contributed by atoms with Gasteiger partial charge in [-0.15, -0.1) is 0 Å². The van der Waals surface area contributed by atoms with Gasteiger partial charge < -0.3 is 42.0 Å². The van der Waals surface area contributed by atoms with Gasteiger partial charge in [-0.1, -0.05) is 30.3 Å². The minimum Gasteiger partial charge on any atom is -0.508 e. The SMILES string of the molecule is CC(O)C(NC(=O)C(Cc1c[nH]c2ccccc12)NC(=O)C(CS)NC(=O)C(N)Cc1ccc(O)cc1)C(=O)O. The molecule has 0 aliphatic rings. The summed E-state index contributed by atoms with van der Waals surface area (Å²) in [4.78, 5) is 53.7. The van der Waals surface area contributed by atoms with Crippen molar-refractivity contribution < 1.29 is 34.5 Å². The molecule has 3 aromatic rings. The summed E-state index contributed by atoms with van der Waals surface area (Å²) in [5.41, 5.74) is 8.21. The Balaban J connectivity index is 1.75. The lowest BCUT2D eigenvalue weighted by molar-refractivity contribution is -0.145. The van der Waals surface area contributed by atoms with Crippen molar-refractivity contribution in [3.63, 3.8) is 0 Å². The number of carbonyl (C=O) groups is 4. The Morgan fingerprint density at radius 1 is 0.925 bits per heavy atom. The lowest BCUT2D eigenvalue weighted by Crippen LogP contribution is -2.59. The number of carbonyl (C=O) groups excluding carboxylic acids is 3. The number of thiol groups is 1. The number of nitrogens with two attached hydrogens (primary N) is 1. The third-order valence-corrected chi connectivity index (χ3v) is 6.69. The predicted octanol–water partition coefficient (Wildman–Crippen LogP) is -0.164. The molecule has 0 radical (unpaired) electrons. The van der Waals surface area contributed by atoms with E-state index in [1.54, 1.807) is 18.3 Å². The van der Waals surface area contributed by atoms with Crippen molar-refractivity contribution >= 4 is 47.2 Å². The fourth-order valence-corrected chi connectivity index (χ4v) is 4.35. The maximum Gasteiger partial charge on any atom is 0.328 e. The molecule has 13 heteroatoms. The maximum atomic E-state index is 13.2. The molecule has 5 unspecified atom stereocenters. The number of rotatable bonds is 13. The average molecular weight is 572 g/mol. The Morgan fingerprint density at radius 2 is 1.55 bits per heavy atom. The van der Waals surface area contributed by atoms with Crippen molar-refractivity contribution in [2.24, 2.45) is 5.73 Å². The van der Waals surface area contributed by atoms with Crippen LogP contribution >= 0.6 is 12.6 Å². The van der Waals surface area contributed by atoms with Crippen molar-refractivity contribution in [1.29, 1.82) is 0 Å². The zero-order chi connectivity index (χ0) is 29.4. The van der Waals surface area contributed by atoms with Gasteiger partial charge in [0.25, 0.3) is 0 Å². The van der Waals surface area contributed by atoms with Crippen LogP contribution in [0.2, 0.25) is 0 Å². The number of benzene rings is 2. The number of aliphatic carboxylic acids is 1. The number of H-pyrrole nitrogens is 1. The number of para-hydroxylation sites is 1. The Kier molecular flexibility index (Phi) is 10.5. The van der Waals surface area contributed by atoms with Crippen LogP contribution in [0.3, 0.4) is 0 Å². The number of aliphatic hydroxyl groups excluding tert-OH is 1. The topological polar surface area (TPSA) is 207 Å². The summed E-state index contributed by atoms with van der Waals surface area (Å²) in [6, 6.07) is 8.48. The number of hydrogen-bond donors (Lipinski definition) is 9. The van der Waals surface area contributed by atoms with Crippen LogP contribution in [0.25, 0.3) is 10.9 Å². The Labute approximate surface area is 235 Å². The van der Waals surface area contributed by atoms with Crippen LogP contribution in [0.5, 0.6) is 5.75 Å². The second-order valence-corrected chi connectivity index (χ2v) is 9.78. The number of nitrogens with one attached hydrogen (secondary N) is 4. The van der Waals surface area contributed by atoms with Gasteiger partial charge in [0.05, 0.1) is 12.1 Å². The molecule has 0 aliphatic carbocycles. The second-order valence-electron chi connectivity index (χ2n) is 9.41. The second kappa shape index (κ2) is 13.8. The van der Waals surface area contributed by atoms with E-state index in [-0.39, 0.29) is 24.3 Å². The fourth-order valence-electron chi connectivity index (χ4n) is 4.10. The molecular weight excluding hydrogens is 538 g/mol. The molecule has 9 N–H and O–H groups in total. The van der Waals surface area contributed by atoms with E-state index >= 15 is 0 Å². The summed E-state index contributed by atoms with van der Waals surface area (Å²) in [6.45, 7) is 1.22. The van der Waals surface area contributed by atoms with E-state index in [0.717, 1.165) is 10.9 Å². The van der Waals surface area contributed by atoms with E-state index in [2.05, 4.69) is 33.6 Å². The number of carboxylic acid groups (broad SMARTS) is 1. The molecule has 0 saturated heterocycles. The molecule has 3 rings (SSSR count).